The number of esters is 3. The van der Waals surface area contributed by atoms with Crippen molar-refractivity contribution in [3.63, 3.8) is 0 Å². The maximum absolute atomic E-state index is 12.7. The van der Waals surface area contributed by atoms with Gasteiger partial charge in [-0.2, -0.15) is 0 Å². The number of hydrogen-bond donors (Lipinski definition) is 1. The van der Waals surface area contributed by atoms with Crippen molar-refractivity contribution in [3.05, 3.63) is 11.3 Å². The highest BCUT2D eigenvalue weighted by atomic mass is 16.6. The normalized spacial score (nSPS) is 10.8. The lowest BCUT2D eigenvalue weighted by Gasteiger charge is -2.29. The molecule has 0 atom stereocenters. The molecule has 0 aliphatic heterocycles. The largest absolute Gasteiger partial charge is 0.464 e. The lowest BCUT2D eigenvalue weighted by atomic mass is 9.90. The minimum absolute atomic E-state index is 0.0333. The van der Waals surface area contributed by atoms with E-state index in [9.17, 15) is 19.2 Å². The molecule has 1 amide bonds. The molecule has 0 aliphatic rings. The first kappa shape index (κ1) is 23.9. The molecule has 0 fully saturated rings. The fourth-order valence-corrected chi connectivity index (χ4v) is 2.46. The predicted octanol–water partition coefficient (Wildman–Crippen LogP) is 0.469. The van der Waals surface area contributed by atoms with Gasteiger partial charge in [-0.25, -0.2) is 14.4 Å². The summed E-state index contributed by atoms with van der Waals surface area (Å²) in [4.78, 5) is 48.8. The first-order valence-electron chi connectivity index (χ1n) is 9.08. The van der Waals surface area contributed by atoms with Crippen molar-refractivity contribution >= 4 is 23.8 Å². The van der Waals surface area contributed by atoms with E-state index in [0.29, 0.717) is 0 Å². The number of carbonyl (C=O) groups is 4. The smallest absolute Gasteiger partial charge is 0.344 e. The molecular formula is C18H26N2O9. The van der Waals surface area contributed by atoms with E-state index < -0.39 is 42.4 Å². The van der Waals surface area contributed by atoms with E-state index in [2.05, 4.69) is 10.5 Å². The number of amides is 1. The highest BCUT2D eigenvalue weighted by molar-refractivity contribution is 6.08. The molecule has 0 aliphatic carbocycles. The molecule has 1 rings (SSSR count). The Balaban J connectivity index is 3.32. The van der Waals surface area contributed by atoms with Crippen molar-refractivity contribution in [1.82, 2.24) is 10.5 Å². The molecule has 0 radical (unpaired) electrons. The van der Waals surface area contributed by atoms with Crippen molar-refractivity contribution in [2.45, 2.75) is 46.6 Å². The Bertz CT molecular complexity index is 724. The molecule has 1 aromatic rings. The van der Waals surface area contributed by atoms with Crippen LogP contribution in [0, 0.1) is 6.92 Å². The number of hydrogen-bond acceptors (Lipinski definition) is 10. The van der Waals surface area contributed by atoms with Gasteiger partial charge >= 0.3 is 17.9 Å². The molecule has 29 heavy (non-hydrogen) atoms. The third-order valence-corrected chi connectivity index (χ3v) is 3.66. The zero-order valence-electron chi connectivity index (χ0n) is 17.2. The zero-order valence-corrected chi connectivity index (χ0v) is 17.2. The molecule has 0 unspecified atom stereocenters. The van der Waals surface area contributed by atoms with Crippen LogP contribution in [0.3, 0.4) is 0 Å². The van der Waals surface area contributed by atoms with Crippen LogP contribution in [0.1, 0.15) is 39.0 Å². The molecule has 11 heteroatoms. The van der Waals surface area contributed by atoms with Gasteiger partial charge in [-0.1, -0.05) is 0 Å². The quantitative estimate of drug-likeness (QED) is 0.308. The number of carbonyl (C=O) groups excluding carboxylic acids is 4. The van der Waals surface area contributed by atoms with E-state index in [1.54, 1.807) is 20.8 Å². The Labute approximate surface area is 168 Å². The first-order chi connectivity index (χ1) is 13.7. The third kappa shape index (κ3) is 6.19. The Morgan fingerprint density at radius 2 is 1.55 bits per heavy atom. The second-order valence-corrected chi connectivity index (χ2v) is 5.82. The molecular weight excluding hydrogens is 388 g/mol. The molecule has 0 spiro atoms. The number of nitrogens with zero attached hydrogens (tertiary/aromatic N) is 1. The average Bonchev–Trinajstić information content (AvgIpc) is 2.99. The summed E-state index contributed by atoms with van der Waals surface area (Å²) in [7, 11) is 0. The van der Waals surface area contributed by atoms with Crippen LogP contribution in [-0.2, 0) is 39.8 Å². The van der Waals surface area contributed by atoms with Gasteiger partial charge in [0.15, 0.2) is 6.61 Å². The molecule has 162 valence electrons. The fourth-order valence-electron chi connectivity index (χ4n) is 2.46. The SMILES string of the molecule is CCOC(=O)COc1noc(C)c1CC(NC(C)=O)(C(=O)OCC)C(=O)OCC. The Hall–Kier alpha value is -3.11. The highest BCUT2D eigenvalue weighted by Crippen LogP contribution is 2.28. The van der Waals surface area contributed by atoms with E-state index >= 15 is 0 Å². The lowest BCUT2D eigenvalue weighted by Crippen LogP contribution is -2.62. The maximum atomic E-state index is 12.7. The maximum Gasteiger partial charge on any atom is 0.344 e. The van der Waals surface area contributed by atoms with Crippen LogP contribution in [0.25, 0.3) is 0 Å². The summed E-state index contributed by atoms with van der Waals surface area (Å²) in [6, 6.07) is 0. The Kier molecular flexibility index (Phi) is 9.10. The van der Waals surface area contributed by atoms with Crippen molar-refractivity contribution in [3.8, 4) is 5.88 Å². The molecule has 0 saturated heterocycles. The topological polar surface area (TPSA) is 143 Å². The third-order valence-electron chi connectivity index (χ3n) is 3.66. The van der Waals surface area contributed by atoms with Crippen LogP contribution in [-0.4, -0.2) is 60.9 Å². The zero-order chi connectivity index (χ0) is 22.0. The van der Waals surface area contributed by atoms with Gasteiger partial charge in [-0.05, 0) is 32.9 Å². The van der Waals surface area contributed by atoms with Crippen LogP contribution in [0.15, 0.2) is 4.52 Å². The second kappa shape index (κ2) is 11.0. The number of aryl methyl sites for hydroxylation is 1. The summed E-state index contributed by atoms with van der Waals surface area (Å²) >= 11 is 0. The summed E-state index contributed by atoms with van der Waals surface area (Å²) in [5.74, 6) is -3.22. The van der Waals surface area contributed by atoms with Crippen molar-refractivity contribution in [2.24, 2.45) is 0 Å². The van der Waals surface area contributed by atoms with Crippen molar-refractivity contribution in [1.29, 1.82) is 0 Å². The van der Waals surface area contributed by atoms with Gasteiger partial charge in [0, 0.05) is 13.3 Å². The van der Waals surface area contributed by atoms with Gasteiger partial charge in [0.2, 0.25) is 11.4 Å². The molecule has 11 nitrogen and oxygen atoms in total. The van der Waals surface area contributed by atoms with Crippen LogP contribution in [0.4, 0.5) is 0 Å². The number of nitrogens with one attached hydrogen (secondary N) is 1. The molecule has 1 heterocycles. The fraction of sp³-hybridized carbons (Fsp3) is 0.611. The Morgan fingerprint density at radius 3 is 2.03 bits per heavy atom. The lowest BCUT2D eigenvalue weighted by molar-refractivity contribution is -0.168. The summed E-state index contributed by atoms with van der Waals surface area (Å²) < 4.78 is 25.2. The van der Waals surface area contributed by atoms with Gasteiger partial charge in [-0.15, -0.1) is 0 Å². The van der Waals surface area contributed by atoms with Crippen LogP contribution in [0.5, 0.6) is 5.88 Å². The number of aromatic nitrogens is 1. The van der Waals surface area contributed by atoms with E-state index in [4.69, 9.17) is 23.5 Å². The van der Waals surface area contributed by atoms with E-state index in [1.807, 2.05) is 0 Å². The van der Waals surface area contributed by atoms with Gasteiger partial charge in [0.1, 0.15) is 5.76 Å². The van der Waals surface area contributed by atoms with Gasteiger partial charge in [0.05, 0.1) is 25.4 Å². The average molecular weight is 414 g/mol. The summed E-state index contributed by atoms with van der Waals surface area (Å²) in [5.41, 5.74) is -2.00. The van der Waals surface area contributed by atoms with Crippen LogP contribution >= 0.6 is 0 Å². The molecule has 1 N–H and O–H groups in total. The molecule has 0 saturated carbocycles. The molecule has 1 aromatic heterocycles. The summed E-state index contributed by atoms with van der Waals surface area (Å²) in [6.07, 6.45) is -0.419. The summed E-state index contributed by atoms with van der Waals surface area (Å²) in [6.45, 7) is 7.07. The number of ether oxygens (including phenoxy) is 4. The number of rotatable bonds is 11. The highest BCUT2D eigenvalue weighted by Gasteiger charge is 2.51. The molecule has 0 bridgehead atoms. The second-order valence-electron chi connectivity index (χ2n) is 5.82. The minimum atomic E-state index is -2.18. The predicted molar refractivity (Wildman–Crippen MR) is 96.9 cm³/mol. The monoisotopic (exact) mass is 414 g/mol. The van der Waals surface area contributed by atoms with Crippen molar-refractivity contribution in [2.75, 3.05) is 26.4 Å². The first-order valence-corrected chi connectivity index (χ1v) is 9.08. The van der Waals surface area contributed by atoms with Crippen LogP contribution < -0.4 is 10.1 Å². The van der Waals surface area contributed by atoms with E-state index in [-0.39, 0.29) is 37.0 Å². The van der Waals surface area contributed by atoms with E-state index in [0.717, 1.165) is 6.92 Å². The van der Waals surface area contributed by atoms with Gasteiger partial charge in [-0.3, -0.25) is 4.79 Å². The van der Waals surface area contributed by atoms with E-state index in [1.165, 1.54) is 6.92 Å². The molecule has 0 aromatic carbocycles. The summed E-state index contributed by atoms with van der Waals surface area (Å²) in [5, 5.41) is 6.04. The van der Waals surface area contributed by atoms with Gasteiger partial charge < -0.3 is 28.8 Å². The van der Waals surface area contributed by atoms with Crippen LogP contribution in [0.2, 0.25) is 0 Å². The van der Waals surface area contributed by atoms with Crippen molar-refractivity contribution < 1.29 is 42.6 Å². The minimum Gasteiger partial charge on any atom is -0.464 e. The van der Waals surface area contributed by atoms with Gasteiger partial charge in [0.25, 0.3) is 5.88 Å². The Morgan fingerprint density at radius 1 is 1.00 bits per heavy atom. The standard InChI is InChI=1S/C18H26N2O9/c1-6-25-14(22)10-28-15-13(11(4)29-20-15)9-18(19-12(5)21,16(23)26-7-2)17(24)27-8-3/h6-10H2,1-5H3,(H,19,21).